The van der Waals surface area contributed by atoms with Gasteiger partial charge in [-0.3, -0.25) is 9.59 Å². The lowest BCUT2D eigenvalue weighted by atomic mass is 9.94. The highest BCUT2D eigenvalue weighted by molar-refractivity contribution is 7.93. The first kappa shape index (κ1) is 17.4. The number of nitrogens with one attached hydrogen (secondary N) is 1. The number of carbonyl (C=O) groups is 2. The Balaban J connectivity index is 2.02. The summed E-state index contributed by atoms with van der Waals surface area (Å²) in [5.41, 5.74) is 4.88. The fraction of sp³-hybridized carbons (Fsp3) is 0.857. The monoisotopic (exact) mass is 331 g/mol. The first-order valence-electron chi connectivity index (χ1n) is 7.65. The lowest BCUT2D eigenvalue weighted by molar-refractivity contribution is -0.147. The molecule has 2 saturated heterocycles. The van der Waals surface area contributed by atoms with E-state index in [1.165, 1.54) is 7.11 Å². The van der Waals surface area contributed by atoms with Crippen molar-refractivity contribution in [3.63, 3.8) is 0 Å². The number of carbonyl (C=O) groups excluding carboxylic acids is 2. The molecular weight excluding hydrogens is 306 g/mol. The Bertz CT molecular complexity index is 546. The van der Waals surface area contributed by atoms with E-state index in [4.69, 9.17) is 5.73 Å². The quantitative estimate of drug-likeness (QED) is 0.691. The molecule has 2 rings (SSSR count). The molecule has 0 saturated carbocycles. The number of hydrogen-bond donors (Lipinski definition) is 2. The van der Waals surface area contributed by atoms with Gasteiger partial charge in [-0.05, 0) is 38.1 Å². The molecule has 2 fully saturated rings. The van der Waals surface area contributed by atoms with E-state index < -0.39 is 21.2 Å². The average Bonchev–Trinajstić information content (AvgIpc) is 2.50. The minimum absolute atomic E-state index is 0.160. The third-order valence-corrected chi connectivity index (χ3v) is 6.74. The molecule has 2 heterocycles. The first-order chi connectivity index (χ1) is 10.3. The van der Waals surface area contributed by atoms with Gasteiger partial charge in [-0.15, -0.1) is 0 Å². The SMILES string of the molecule is COC(=O)C1(N)CCS(=O)(=NC(=O)C2CCC(C)CN2)CC1. The van der Waals surface area contributed by atoms with Crippen molar-refractivity contribution < 1.29 is 18.5 Å². The van der Waals surface area contributed by atoms with Crippen molar-refractivity contribution in [1.29, 1.82) is 0 Å². The van der Waals surface area contributed by atoms with Crippen molar-refractivity contribution in [3.05, 3.63) is 0 Å². The van der Waals surface area contributed by atoms with Crippen LogP contribution in [0.4, 0.5) is 0 Å². The van der Waals surface area contributed by atoms with Gasteiger partial charge in [0.2, 0.25) is 0 Å². The Morgan fingerprint density at radius 2 is 1.95 bits per heavy atom. The molecule has 2 unspecified atom stereocenters. The highest BCUT2D eigenvalue weighted by Crippen LogP contribution is 2.24. The fourth-order valence-corrected chi connectivity index (χ4v) is 5.05. The Labute approximate surface area is 131 Å². The Morgan fingerprint density at radius 3 is 2.45 bits per heavy atom. The van der Waals surface area contributed by atoms with E-state index in [2.05, 4.69) is 21.3 Å². The van der Waals surface area contributed by atoms with Crippen LogP contribution in [-0.4, -0.2) is 52.8 Å². The van der Waals surface area contributed by atoms with Gasteiger partial charge < -0.3 is 15.8 Å². The third-order valence-electron chi connectivity index (χ3n) is 4.54. The fourth-order valence-electron chi connectivity index (χ4n) is 2.85. The molecule has 22 heavy (non-hydrogen) atoms. The Morgan fingerprint density at radius 1 is 1.32 bits per heavy atom. The molecule has 0 aromatic heterocycles. The van der Waals surface area contributed by atoms with Crippen LogP contribution in [0.5, 0.6) is 0 Å². The van der Waals surface area contributed by atoms with Gasteiger partial charge in [0.1, 0.15) is 5.54 Å². The van der Waals surface area contributed by atoms with Gasteiger partial charge in [-0.2, -0.15) is 4.36 Å². The number of ether oxygens (including phenoxy) is 1. The zero-order chi connectivity index (χ0) is 16.4. The maximum absolute atomic E-state index is 12.7. The zero-order valence-electron chi connectivity index (χ0n) is 13.2. The summed E-state index contributed by atoms with van der Waals surface area (Å²) in [6.07, 6.45) is 2.14. The molecule has 2 atom stereocenters. The van der Waals surface area contributed by atoms with Crippen molar-refractivity contribution in [3.8, 4) is 0 Å². The van der Waals surface area contributed by atoms with Gasteiger partial charge in [-0.25, -0.2) is 4.21 Å². The molecule has 7 nitrogen and oxygen atoms in total. The minimum atomic E-state index is -2.62. The molecule has 3 N–H and O–H groups in total. The van der Waals surface area contributed by atoms with Crippen molar-refractivity contribution in [2.24, 2.45) is 16.0 Å². The topological polar surface area (TPSA) is 111 Å². The zero-order valence-corrected chi connectivity index (χ0v) is 14.0. The maximum atomic E-state index is 12.7. The normalized spacial score (nSPS) is 39.0. The largest absolute Gasteiger partial charge is 0.468 e. The van der Waals surface area contributed by atoms with Crippen LogP contribution in [0.15, 0.2) is 4.36 Å². The number of rotatable bonds is 2. The van der Waals surface area contributed by atoms with Gasteiger partial charge in [0, 0.05) is 11.5 Å². The van der Waals surface area contributed by atoms with Crippen LogP contribution in [0.2, 0.25) is 0 Å². The summed E-state index contributed by atoms with van der Waals surface area (Å²) in [7, 11) is -1.33. The van der Waals surface area contributed by atoms with E-state index in [1.807, 2.05) is 0 Å². The van der Waals surface area contributed by atoms with E-state index in [0.29, 0.717) is 5.92 Å². The number of hydrogen-bond acceptors (Lipinski definition) is 6. The van der Waals surface area contributed by atoms with Crippen molar-refractivity contribution >= 4 is 21.6 Å². The van der Waals surface area contributed by atoms with E-state index in [9.17, 15) is 13.8 Å². The third kappa shape index (κ3) is 3.85. The average molecular weight is 331 g/mol. The lowest BCUT2D eigenvalue weighted by Gasteiger charge is -2.32. The number of piperidine rings is 1. The van der Waals surface area contributed by atoms with E-state index in [0.717, 1.165) is 19.4 Å². The summed E-state index contributed by atoms with van der Waals surface area (Å²) in [5.74, 6) is 0.0360. The number of nitrogens with two attached hydrogens (primary N) is 1. The molecule has 0 aromatic rings. The summed E-state index contributed by atoms with van der Waals surface area (Å²) >= 11 is 0. The molecule has 2 aliphatic heterocycles. The van der Waals surface area contributed by atoms with Crippen LogP contribution in [-0.2, 0) is 24.1 Å². The van der Waals surface area contributed by atoms with Gasteiger partial charge >= 0.3 is 5.97 Å². The second kappa shape index (κ2) is 6.64. The number of nitrogens with zero attached hydrogens (tertiary/aromatic N) is 1. The number of methoxy groups -OCH3 is 1. The highest BCUT2D eigenvalue weighted by Gasteiger charge is 2.40. The summed E-state index contributed by atoms with van der Waals surface area (Å²) in [6, 6.07) is -0.334. The Hall–Kier alpha value is -0.990. The molecule has 0 aromatic carbocycles. The summed E-state index contributed by atoms with van der Waals surface area (Å²) in [6.45, 7) is 2.90. The van der Waals surface area contributed by atoms with Crippen molar-refractivity contribution in [2.45, 2.75) is 44.2 Å². The molecular formula is C14H25N3O4S. The molecule has 1 amide bonds. The number of amides is 1. The van der Waals surface area contributed by atoms with Crippen LogP contribution in [0.1, 0.15) is 32.6 Å². The standard InChI is InChI=1S/C14H25N3O4S/c1-10-3-4-11(16-9-10)12(18)17-22(20)7-5-14(15,6-8-22)13(19)21-2/h10-11,16H,3-9,15H2,1-2H3. The molecule has 0 aliphatic carbocycles. The smallest absolute Gasteiger partial charge is 0.325 e. The first-order valence-corrected chi connectivity index (χ1v) is 9.50. The molecule has 126 valence electrons. The predicted molar refractivity (Wildman–Crippen MR) is 83.7 cm³/mol. The second-order valence-corrected chi connectivity index (χ2v) is 8.95. The van der Waals surface area contributed by atoms with Crippen molar-refractivity contribution in [2.75, 3.05) is 25.2 Å². The van der Waals surface area contributed by atoms with Gasteiger partial charge in [0.25, 0.3) is 5.91 Å². The summed E-state index contributed by atoms with van der Waals surface area (Å²) < 4.78 is 21.4. The minimum Gasteiger partial charge on any atom is -0.468 e. The van der Waals surface area contributed by atoms with Gasteiger partial charge in [0.15, 0.2) is 0 Å². The maximum Gasteiger partial charge on any atom is 0.325 e. The van der Waals surface area contributed by atoms with Gasteiger partial charge in [-0.1, -0.05) is 6.92 Å². The molecule has 0 bridgehead atoms. The van der Waals surface area contributed by atoms with E-state index in [1.54, 1.807) is 0 Å². The van der Waals surface area contributed by atoms with Crippen LogP contribution < -0.4 is 11.1 Å². The second-order valence-electron chi connectivity index (χ2n) is 6.40. The van der Waals surface area contributed by atoms with Gasteiger partial charge in [0.05, 0.1) is 22.9 Å². The molecule has 0 radical (unpaired) electrons. The number of esters is 1. The summed E-state index contributed by atoms with van der Waals surface area (Å²) in [4.78, 5) is 23.9. The van der Waals surface area contributed by atoms with Crippen LogP contribution in [0.3, 0.4) is 0 Å². The summed E-state index contributed by atoms with van der Waals surface area (Å²) in [5, 5.41) is 3.15. The molecule has 2 aliphatic rings. The van der Waals surface area contributed by atoms with Crippen molar-refractivity contribution in [1.82, 2.24) is 5.32 Å². The van der Waals surface area contributed by atoms with Crippen LogP contribution >= 0.6 is 0 Å². The molecule has 8 heteroatoms. The lowest BCUT2D eigenvalue weighted by Crippen LogP contribution is -2.54. The Kier molecular flexibility index (Phi) is 5.24. The van der Waals surface area contributed by atoms with E-state index >= 15 is 0 Å². The van der Waals surface area contributed by atoms with Crippen LogP contribution in [0, 0.1) is 5.92 Å². The van der Waals surface area contributed by atoms with Crippen LogP contribution in [0.25, 0.3) is 0 Å². The van der Waals surface area contributed by atoms with E-state index in [-0.39, 0.29) is 36.3 Å². The molecule has 0 spiro atoms. The highest BCUT2D eigenvalue weighted by atomic mass is 32.2. The predicted octanol–water partition coefficient (Wildman–Crippen LogP) is 0.0334.